The SMILES string of the molecule is CC(C)(C)OC(=O)N1CC(C(=O)ON=C(N)C2(C(F)(F)F)CC2)C1. The van der Waals surface area contributed by atoms with E-state index in [1.807, 2.05) is 0 Å². The van der Waals surface area contributed by atoms with Gasteiger partial charge in [0.1, 0.15) is 11.0 Å². The van der Waals surface area contributed by atoms with E-state index < -0.39 is 41.0 Å². The lowest BCUT2D eigenvalue weighted by molar-refractivity contribution is -0.168. The predicted octanol–water partition coefficient (Wildman–Crippen LogP) is 2.01. The van der Waals surface area contributed by atoms with Crippen LogP contribution in [0.25, 0.3) is 0 Å². The number of rotatable bonds is 3. The molecule has 7 nitrogen and oxygen atoms in total. The molecule has 2 N–H and O–H groups in total. The molecule has 1 saturated carbocycles. The van der Waals surface area contributed by atoms with Crippen molar-refractivity contribution in [3.8, 4) is 0 Å². The van der Waals surface area contributed by atoms with E-state index in [0.717, 1.165) is 0 Å². The maximum Gasteiger partial charge on any atom is 0.410 e. The molecule has 1 amide bonds. The zero-order valence-corrected chi connectivity index (χ0v) is 13.6. The van der Waals surface area contributed by atoms with Crippen molar-refractivity contribution in [1.82, 2.24) is 4.90 Å². The summed E-state index contributed by atoms with van der Waals surface area (Å²) < 4.78 is 43.6. The Morgan fingerprint density at radius 2 is 1.75 bits per heavy atom. The lowest BCUT2D eigenvalue weighted by Gasteiger charge is -2.37. The Hall–Kier alpha value is -2.00. The number of nitrogens with two attached hydrogens (primary N) is 1. The van der Waals surface area contributed by atoms with Crippen LogP contribution in [0.1, 0.15) is 33.6 Å². The summed E-state index contributed by atoms with van der Waals surface area (Å²) >= 11 is 0. The van der Waals surface area contributed by atoms with Gasteiger partial charge in [0.25, 0.3) is 0 Å². The van der Waals surface area contributed by atoms with Gasteiger partial charge >= 0.3 is 18.2 Å². The monoisotopic (exact) mass is 351 g/mol. The van der Waals surface area contributed by atoms with Crippen LogP contribution in [-0.2, 0) is 14.4 Å². The van der Waals surface area contributed by atoms with Crippen molar-refractivity contribution >= 4 is 17.9 Å². The summed E-state index contributed by atoms with van der Waals surface area (Å²) in [6.07, 6.45) is -5.42. The zero-order valence-electron chi connectivity index (χ0n) is 13.6. The Morgan fingerprint density at radius 1 is 1.21 bits per heavy atom. The van der Waals surface area contributed by atoms with Gasteiger partial charge in [-0.3, -0.25) is 0 Å². The third-order valence-electron chi connectivity index (χ3n) is 3.88. The molecular formula is C14H20F3N3O4. The predicted molar refractivity (Wildman–Crippen MR) is 76.7 cm³/mol. The topological polar surface area (TPSA) is 94.2 Å². The van der Waals surface area contributed by atoms with Gasteiger partial charge in [-0.1, -0.05) is 5.16 Å². The van der Waals surface area contributed by atoms with Crippen LogP contribution in [0.3, 0.4) is 0 Å². The summed E-state index contributed by atoms with van der Waals surface area (Å²) in [5.74, 6) is -2.22. The molecule has 0 spiro atoms. The molecule has 0 radical (unpaired) electrons. The van der Waals surface area contributed by atoms with E-state index >= 15 is 0 Å². The second kappa shape index (κ2) is 5.82. The molecule has 0 aromatic heterocycles. The van der Waals surface area contributed by atoms with Crippen LogP contribution in [0.15, 0.2) is 5.16 Å². The van der Waals surface area contributed by atoms with Gasteiger partial charge in [-0.15, -0.1) is 0 Å². The van der Waals surface area contributed by atoms with Crippen LogP contribution in [0.4, 0.5) is 18.0 Å². The molecule has 0 bridgehead atoms. The van der Waals surface area contributed by atoms with Gasteiger partial charge in [-0.2, -0.15) is 13.2 Å². The molecule has 0 atom stereocenters. The maximum absolute atomic E-state index is 12.8. The van der Waals surface area contributed by atoms with Crippen molar-refractivity contribution in [3.05, 3.63) is 0 Å². The first-order valence-corrected chi connectivity index (χ1v) is 7.45. The highest BCUT2D eigenvalue weighted by Crippen LogP contribution is 2.57. The molecule has 1 heterocycles. The number of hydrogen-bond acceptors (Lipinski definition) is 5. The highest BCUT2D eigenvalue weighted by molar-refractivity contribution is 5.90. The smallest absolute Gasteiger partial charge is 0.410 e. The van der Waals surface area contributed by atoms with Gasteiger partial charge in [0, 0.05) is 13.1 Å². The van der Waals surface area contributed by atoms with Crippen molar-refractivity contribution in [2.45, 2.75) is 45.4 Å². The van der Waals surface area contributed by atoms with Gasteiger partial charge in [0.2, 0.25) is 0 Å². The number of amidine groups is 1. The molecule has 2 aliphatic rings. The molecule has 1 aliphatic carbocycles. The number of carbonyl (C=O) groups is 2. The minimum Gasteiger partial charge on any atom is -0.444 e. The number of carbonyl (C=O) groups excluding carboxylic acids is 2. The third kappa shape index (κ3) is 3.73. The Balaban J connectivity index is 1.82. The van der Waals surface area contributed by atoms with Gasteiger partial charge in [0.05, 0.1) is 5.92 Å². The van der Waals surface area contributed by atoms with Crippen molar-refractivity contribution in [3.63, 3.8) is 0 Å². The summed E-state index contributed by atoms with van der Waals surface area (Å²) in [6, 6.07) is 0. The molecule has 0 aromatic carbocycles. The lowest BCUT2D eigenvalue weighted by atomic mass is 10.0. The van der Waals surface area contributed by atoms with Crippen LogP contribution in [-0.4, -0.2) is 47.7 Å². The highest BCUT2D eigenvalue weighted by atomic mass is 19.4. The average Bonchev–Trinajstić information content (AvgIpc) is 3.12. The molecule has 2 fully saturated rings. The van der Waals surface area contributed by atoms with Crippen molar-refractivity contribution < 1.29 is 32.3 Å². The summed E-state index contributed by atoms with van der Waals surface area (Å²) in [5.41, 5.74) is 2.49. The normalized spacial score (nSPS) is 21.1. The average molecular weight is 351 g/mol. The number of amides is 1. The first kappa shape index (κ1) is 18.3. The number of halogens is 3. The molecule has 10 heteroatoms. The zero-order chi connectivity index (χ0) is 18.3. The van der Waals surface area contributed by atoms with Crippen LogP contribution in [0.5, 0.6) is 0 Å². The summed E-state index contributed by atoms with van der Waals surface area (Å²) in [6.45, 7) is 5.26. The van der Waals surface area contributed by atoms with Gasteiger partial charge < -0.3 is 20.2 Å². The van der Waals surface area contributed by atoms with E-state index in [2.05, 4.69) is 9.99 Å². The van der Waals surface area contributed by atoms with E-state index in [1.165, 1.54) is 4.90 Å². The van der Waals surface area contributed by atoms with Crippen molar-refractivity contribution in [2.24, 2.45) is 22.2 Å². The Kier molecular flexibility index (Phi) is 4.45. The number of ether oxygens (including phenoxy) is 1. The molecule has 2 rings (SSSR count). The van der Waals surface area contributed by atoms with E-state index in [1.54, 1.807) is 20.8 Å². The van der Waals surface area contributed by atoms with Gasteiger partial charge in [-0.05, 0) is 33.6 Å². The van der Waals surface area contributed by atoms with E-state index in [0.29, 0.717) is 0 Å². The van der Waals surface area contributed by atoms with Crippen LogP contribution in [0, 0.1) is 11.3 Å². The first-order valence-electron chi connectivity index (χ1n) is 7.45. The van der Waals surface area contributed by atoms with E-state index in [4.69, 9.17) is 10.5 Å². The fourth-order valence-corrected chi connectivity index (χ4v) is 2.17. The second-order valence-electron chi connectivity index (χ2n) is 7.05. The van der Waals surface area contributed by atoms with Gasteiger partial charge in [-0.25, -0.2) is 9.59 Å². The Bertz CT molecular complexity index is 559. The quantitative estimate of drug-likeness (QED) is 0.363. The molecular weight excluding hydrogens is 331 g/mol. The van der Waals surface area contributed by atoms with E-state index in [-0.39, 0.29) is 25.9 Å². The van der Waals surface area contributed by atoms with Gasteiger partial charge in [0.15, 0.2) is 5.84 Å². The Morgan fingerprint density at radius 3 is 2.17 bits per heavy atom. The minimum absolute atomic E-state index is 0.0631. The number of hydrogen-bond donors (Lipinski definition) is 1. The minimum atomic E-state index is -4.52. The van der Waals surface area contributed by atoms with Crippen LogP contribution < -0.4 is 5.73 Å². The number of oxime groups is 1. The van der Waals surface area contributed by atoms with Crippen LogP contribution in [0.2, 0.25) is 0 Å². The molecule has 136 valence electrons. The summed E-state index contributed by atoms with van der Waals surface area (Å²) in [4.78, 5) is 29.2. The number of likely N-dealkylation sites (tertiary alicyclic amines) is 1. The van der Waals surface area contributed by atoms with Crippen molar-refractivity contribution in [2.75, 3.05) is 13.1 Å². The number of nitrogens with zero attached hydrogens (tertiary/aromatic N) is 2. The fraction of sp³-hybridized carbons (Fsp3) is 0.786. The lowest BCUT2D eigenvalue weighted by Crippen LogP contribution is -2.54. The van der Waals surface area contributed by atoms with E-state index in [9.17, 15) is 22.8 Å². The molecule has 24 heavy (non-hydrogen) atoms. The summed E-state index contributed by atoms with van der Waals surface area (Å²) in [7, 11) is 0. The molecule has 0 unspecified atom stereocenters. The number of alkyl halides is 3. The third-order valence-corrected chi connectivity index (χ3v) is 3.88. The molecule has 1 saturated heterocycles. The Labute approximate surface area is 136 Å². The van der Waals surface area contributed by atoms with Crippen molar-refractivity contribution in [1.29, 1.82) is 0 Å². The summed E-state index contributed by atoms with van der Waals surface area (Å²) in [5, 5.41) is 3.15. The first-order chi connectivity index (χ1) is 10.9. The second-order valence-corrected chi connectivity index (χ2v) is 7.05. The standard InChI is InChI=1S/C14H20F3N3O4/c1-12(2,3)23-11(22)20-6-8(7-20)9(21)24-19-10(18)13(4-5-13)14(15,16)17/h8H,4-7H2,1-3H3,(H2,18,19). The molecule has 0 aromatic rings. The largest absolute Gasteiger partial charge is 0.444 e. The highest BCUT2D eigenvalue weighted by Gasteiger charge is 2.66. The maximum atomic E-state index is 12.8. The molecule has 1 aliphatic heterocycles. The van der Waals surface area contributed by atoms with Crippen LogP contribution >= 0.6 is 0 Å². The fourth-order valence-electron chi connectivity index (χ4n) is 2.17.